The van der Waals surface area contributed by atoms with Gasteiger partial charge in [-0.05, 0) is 69.9 Å². The predicted molar refractivity (Wildman–Crippen MR) is 139 cm³/mol. The number of nitrogens with zero attached hydrogens (tertiary/aromatic N) is 1. The molecular formula is C28H26BrNO6. The Hall–Kier alpha value is -3.78. The number of amides is 1. The Balaban J connectivity index is 1.85. The molecular weight excluding hydrogens is 526 g/mol. The van der Waals surface area contributed by atoms with Crippen LogP contribution in [0.25, 0.3) is 5.76 Å². The summed E-state index contributed by atoms with van der Waals surface area (Å²) in [6.07, 6.45) is 0.859. The van der Waals surface area contributed by atoms with E-state index in [-0.39, 0.29) is 29.4 Å². The molecule has 1 saturated heterocycles. The average Bonchev–Trinajstić information content (AvgIpc) is 3.14. The van der Waals surface area contributed by atoms with E-state index in [1.54, 1.807) is 36.4 Å². The molecule has 3 aromatic rings. The average molecular weight is 552 g/mol. The van der Waals surface area contributed by atoms with Crippen molar-refractivity contribution in [3.8, 4) is 17.2 Å². The summed E-state index contributed by atoms with van der Waals surface area (Å²) in [5.41, 5.74) is 1.66. The van der Waals surface area contributed by atoms with Gasteiger partial charge in [-0.15, -0.1) is 0 Å². The van der Waals surface area contributed by atoms with Crippen LogP contribution in [0.3, 0.4) is 0 Å². The first-order valence-electron chi connectivity index (χ1n) is 11.5. The van der Waals surface area contributed by atoms with E-state index >= 15 is 0 Å². The lowest BCUT2D eigenvalue weighted by molar-refractivity contribution is -0.140. The number of hydrogen-bond donors (Lipinski definition) is 2. The highest BCUT2D eigenvalue weighted by molar-refractivity contribution is 9.10. The number of Topliss-reactive ketones (excluding diaryl/α,β-unsaturated/α-hetero) is 1. The van der Waals surface area contributed by atoms with E-state index < -0.39 is 17.7 Å². The number of carbonyl (C=O) groups is 2. The van der Waals surface area contributed by atoms with E-state index in [2.05, 4.69) is 15.9 Å². The maximum absolute atomic E-state index is 13.3. The van der Waals surface area contributed by atoms with Crippen LogP contribution in [-0.4, -0.2) is 40.5 Å². The quantitative estimate of drug-likeness (QED) is 0.216. The van der Waals surface area contributed by atoms with E-state index in [1.165, 1.54) is 12.0 Å². The fourth-order valence-electron chi connectivity index (χ4n) is 4.16. The van der Waals surface area contributed by atoms with Crippen molar-refractivity contribution in [1.29, 1.82) is 0 Å². The van der Waals surface area contributed by atoms with Gasteiger partial charge in [0.2, 0.25) is 0 Å². The van der Waals surface area contributed by atoms with Crippen LogP contribution in [-0.2, 0) is 16.1 Å². The van der Waals surface area contributed by atoms with Crippen LogP contribution in [0.2, 0.25) is 0 Å². The smallest absolute Gasteiger partial charge is 0.295 e. The van der Waals surface area contributed by atoms with Crippen molar-refractivity contribution in [1.82, 2.24) is 4.90 Å². The van der Waals surface area contributed by atoms with Crippen LogP contribution in [0.1, 0.15) is 36.1 Å². The number of hydrogen-bond acceptors (Lipinski definition) is 6. The topological polar surface area (TPSA) is 96.3 Å². The Labute approximate surface area is 217 Å². The van der Waals surface area contributed by atoms with E-state index in [0.717, 1.165) is 12.0 Å². The zero-order valence-corrected chi connectivity index (χ0v) is 21.5. The second-order valence-electron chi connectivity index (χ2n) is 8.34. The van der Waals surface area contributed by atoms with Crippen molar-refractivity contribution in [2.24, 2.45) is 0 Å². The molecule has 2 N–H and O–H groups in total. The normalized spacial score (nSPS) is 16.9. The van der Waals surface area contributed by atoms with Crippen molar-refractivity contribution in [2.75, 3.05) is 13.7 Å². The van der Waals surface area contributed by atoms with Gasteiger partial charge in [0, 0.05) is 12.1 Å². The van der Waals surface area contributed by atoms with Gasteiger partial charge in [0.1, 0.15) is 11.5 Å². The number of aliphatic hydroxyl groups is 1. The molecule has 1 aliphatic rings. The van der Waals surface area contributed by atoms with Gasteiger partial charge in [0.05, 0.1) is 29.8 Å². The Morgan fingerprint density at radius 2 is 1.75 bits per heavy atom. The minimum absolute atomic E-state index is 0.0437. The van der Waals surface area contributed by atoms with Gasteiger partial charge in [-0.25, -0.2) is 0 Å². The lowest BCUT2D eigenvalue weighted by Gasteiger charge is -2.26. The second-order valence-corrected chi connectivity index (χ2v) is 9.19. The molecule has 1 heterocycles. The number of phenols is 1. The van der Waals surface area contributed by atoms with Gasteiger partial charge in [-0.2, -0.15) is 0 Å². The molecule has 8 heteroatoms. The van der Waals surface area contributed by atoms with Gasteiger partial charge in [0.25, 0.3) is 11.7 Å². The summed E-state index contributed by atoms with van der Waals surface area (Å²) in [6.45, 7) is 2.72. The summed E-state index contributed by atoms with van der Waals surface area (Å²) in [5.74, 6) is -1.11. The van der Waals surface area contributed by atoms with Crippen LogP contribution < -0.4 is 9.47 Å². The number of aliphatic hydroxyl groups excluding tert-OH is 1. The molecule has 0 spiro atoms. The summed E-state index contributed by atoms with van der Waals surface area (Å²) < 4.78 is 11.2. The number of methoxy groups -OCH3 is 1. The zero-order chi connectivity index (χ0) is 25.8. The number of rotatable bonds is 8. The van der Waals surface area contributed by atoms with Crippen LogP contribution in [0.5, 0.6) is 17.2 Å². The highest BCUT2D eigenvalue weighted by atomic mass is 79.9. The highest BCUT2D eigenvalue weighted by Crippen LogP contribution is 2.45. The Morgan fingerprint density at radius 1 is 1.06 bits per heavy atom. The Bertz CT molecular complexity index is 1300. The lowest BCUT2D eigenvalue weighted by Crippen LogP contribution is -2.29. The van der Waals surface area contributed by atoms with Gasteiger partial charge >= 0.3 is 0 Å². The lowest BCUT2D eigenvalue weighted by atomic mass is 9.94. The van der Waals surface area contributed by atoms with Gasteiger partial charge in [0.15, 0.2) is 11.5 Å². The zero-order valence-electron chi connectivity index (χ0n) is 19.9. The number of ether oxygens (including phenoxy) is 2. The molecule has 1 aliphatic heterocycles. The molecule has 186 valence electrons. The van der Waals surface area contributed by atoms with E-state index in [4.69, 9.17) is 9.47 Å². The van der Waals surface area contributed by atoms with Crippen LogP contribution >= 0.6 is 15.9 Å². The number of carbonyl (C=O) groups excluding carboxylic acids is 2. The van der Waals surface area contributed by atoms with Crippen LogP contribution in [0, 0.1) is 0 Å². The first-order chi connectivity index (χ1) is 17.3. The molecule has 7 nitrogen and oxygen atoms in total. The molecule has 4 rings (SSSR count). The molecule has 1 fully saturated rings. The third kappa shape index (κ3) is 4.95. The molecule has 0 radical (unpaired) electrons. The monoisotopic (exact) mass is 551 g/mol. The minimum atomic E-state index is -0.910. The molecule has 36 heavy (non-hydrogen) atoms. The number of phenolic OH excluding ortho intramolecular Hbond substituents is 1. The SMILES string of the molecule is CCCOc1ccc(C(O)=C2C(=O)C(=O)N(Cc3ccccc3)C2c2cc(Br)c(O)c(OC)c2)cc1. The molecule has 0 aromatic heterocycles. The third-order valence-electron chi connectivity index (χ3n) is 5.92. The number of likely N-dealkylation sites (tertiary alicyclic amines) is 1. The number of halogens is 1. The molecule has 1 atom stereocenters. The molecule has 3 aromatic carbocycles. The third-order valence-corrected chi connectivity index (χ3v) is 6.53. The van der Waals surface area contributed by atoms with E-state index in [0.29, 0.717) is 28.0 Å². The van der Waals surface area contributed by atoms with E-state index in [9.17, 15) is 19.8 Å². The number of ketones is 1. The first-order valence-corrected chi connectivity index (χ1v) is 12.3. The first kappa shape index (κ1) is 25.3. The summed E-state index contributed by atoms with van der Waals surface area (Å²) in [7, 11) is 1.41. The van der Waals surface area contributed by atoms with Crippen LogP contribution in [0.4, 0.5) is 0 Å². The van der Waals surface area contributed by atoms with Crippen molar-refractivity contribution in [2.45, 2.75) is 25.9 Å². The largest absolute Gasteiger partial charge is 0.507 e. The van der Waals surface area contributed by atoms with Crippen molar-refractivity contribution < 1.29 is 29.3 Å². The Kier molecular flexibility index (Phi) is 7.64. The fraction of sp³-hybridized carbons (Fsp3) is 0.214. The highest BCUT2D eigenvalue weighted by Gasteiger charge is 2.46. The molecule has 1 amide bonds. The van der Waals surface area contributed by atoms with Crippen LogP contribution in [0.15, 0.2) is 76.8 Å². The van der Waals surface area contributed by atoms with Crippen molar-refractivity contribution >= 4 is 33.4 Å². The van der Waals surface area contributed by atoms with Crippen molar-refractivity contribution in [3.63, 3.8) is 0 Å². The molecule has 0 bridgehead atoms. The van der Waals surface area contributed by atoms with Gasteiger partial charge in [-0.1, -0.05) is 37.3 Å². The summed E-state index contributed by atoms with van der Waals surface area (Å²) in [5, 5.41) is 21.6. The molecule has 0 saturated carbocycles. The minimum Gasteiger partial charge on any atom is -0.507 e. The van der Waals surface area contributed by atoms with Gasteiger partial charge < -0.3 is 24.6 Å². The second kappa shape index (κ2) is 10.9. The number of benzene rings is 3. The van der Waals surface area contributed by atoms with E-state index in [1.807, 2.05) is 37.3 Å². The maximum Gasteiger partial charge on any atom is 0.295 e. The molecule has 1 unspecified atom stereocenters. The Morgan fingerprint density at radius 3 is 2.39 bits per heavy atom. The predicted octanol–water partition coefficient (Wildman–Crippen LogP) is 5.57. The van der Waals surface area contributed by atoms with Gasteiger partial charge in [-0.3, -0.25) is 9.59 Å². The standard InChI is InChI=1S/C28H26BrNO6/c1-3-13-36-20-11-9-18(10-12-20)25(31)23-24(19-14-21(29)26(32)22(15-19)35-2)30(28(34)27(23)33)16-17-7-5-4-6-8-17/h4-12,14-15,24,31-32H,3,13,16H2,1-2H3. The maximum atomic E-state index is 13.3. The van der Waals surface area contributed by atoms with Crippen molar-refractivity contribution in [3.05, 3.63) is 93.5 Å². The fourth-order valence-corrected chi connectivity index (χ4v) is 4.62. The summed E-state index contributed by atoms with van der Waals surface area (Å²) >= 11 is 3.32. The molecule has 0 aliphatic carbocycles. The summed E-state index contributed by atoms with van der Waals surface area (Å²) in [4.78, 5) is 27.9. The summed E-state index contributed by atoms with van der Waals surface area (Å²) in [6, 6.07) is 18.3. The number of aromatic hydroxyl groups is 1.